The summed E-state index contributed by atoms with van der Waals surface area (Å²) in [5.41, 5.74) is 5.40. The van der Waals surface area contributed by atoms with E-state index in [1.165, 1.54) is 6.42 Å². The van der Waals surface area contributed by atoms with E-state index in [0.717, 1.165) is 24.0 Å². The van der Waals surface area contributed by atoms with Crippen molar-refractivity contribution in [3.05, 3.63) is 12.4 Å². The molecule has 1 heterocycles. The fourth-order valence-electron chi connectivity index (χ4n) is 1.15. The van der Waals surface area contributed by atoms with Gasteiger partial charge < -0.3 is 5.73 Å². The molecular weight excluding hydrogens is 138 g/mol. The lowest BCUT2D eigenvalue weighted by Gasteiger charge is -2.20. The van der Waals surface area contributed by atoms with E-state index in [4.69, 9.17) is 5.73 Å². The maximum atomic E-state index is 5.40. The van der Waals surface area contributed by atoms with Gasteiger partial charge in [-0.1, -0.05) is 0 Å². The summed E-state index contributed by atoms with van der Waals surface area (Å²) in [6.45, 7) is 1.90. The Morgan fingerprint density at radius 2 is 2.27 bits per heavy atom. The Morgan fingerprint density at radius 3 is 2.82 bits per heavy atom. The summed E-state index contributed by atoms with van der Waals surface area (Å²) >= 11 is 0. The van der Waals surface area contributed by atoms with Gasteiger partial charge in [0.1, 0.15) is 6.20 Å². The number of nitrogens with two attached hydrogens (primary N) is 1. The van der Waals surface area contributed by atoms with Crippen molar-refractivity contribution in [1.29, 1.82) is 0 Å². The van der Waals surface area contributed by atoms with E-state index in [2.05, 4.69) is 18.2 Å². The molecule has 0 aliphatic carbocycles. The SMILES string of the molecule is C[N+]1(CCCCN)C=CN=C1. The zero-order chi connectivity index (χ0) is 8.16. The highest BCUT2D eigenvalue weighted by molar-refractivity contribution is 5.50. The van der Waals surface area contributed by atoms with Crippen molar-refractivity contribution in [1.82, 2.24) is 0 Å². The van der Waals surface area contributed by atoms with Crippen molar-refractivity contribution in [3.63, 3.8) is 0 Å². The summed E-state index contributed by atoms with van der Waals surface area (Å²) in [4.78, 5) is 4.05. The van der Waals surface area contributed by atoms with E-state index < -0.39 is 0 Å². The van der Waals surface area contributed by atoms with Crippen LogP contribution in [0.2, 0.25) is 0 Å². The maximum absolute atomic E-state index is 5.40. The lowest BCUT2D eigenvalue weighted by molar-refractivity contribution is -0.756. The summed E-state index contributed by atoms with van der Waals surface area (Å²) in [6.07, 6.45) is 8.17. The van der Waals surface area contributed by atoms with Gasteiger partial charge in [-0.3, -0.25) is 4.48 Å². The van der Waals surface area contributed by atoms with Gasteiger partial charge in [-0.05, 0) is 19.4 Å². The van der Waals surface area contributed by atoms with Gasteiger partial charge >= 0.3 is 0 Å². The van der Waals surface area contributed by atoms with Crippen LogP contribution in [0.4, 0.5) is 0 Å². The van der Waals surface area contributed by atoms with Crippen LogP contribution in [0.5, 0.6) is 0 Å². The molecule has 0 amide bonds. The lowest BCUT2D eigenvalue weighted by atomic mass is 10.3. The van der Waals surface area contributed by atoms with E-state index in [0.29, 0.717) is 0 Å². The average molecular weight is 154 g/mol. The van der Waals surface area contributed by atoms with Crippen molar-refractivity contribution in [2.45, 2.75) is 12.8 Å². The van der Waals surface area contributed by atoms with Crippen molar-refractivity contribution >= 4 is 6.34 Å². The van der Waals surface area contributed by atoms with Crippen LogP contribution in [0.25, 0.3) is 0 Å². The minimum atomic E-state index is 0.793. The second-order valence-corrected chi connectivity index (χ2v) is 3.13. The van der Waals surface area contributed by atoms with E-state index in [-0.39, 0.29) is 0 Å². The molecule has 1 rings (SSSR count). The van der Waals surface area contributed by atoms with E-state index in [9.17, 15) is 0 Å². The first kappa shape index (κ1) is 8.43. The van der Waals surface area contributed by atoms with Crippen LogP contribution in [-0.2, 0) is 0 Å². The van der Waals surface area contributed by atoms with Crippen molar-refractivity contribution in [2.24, 2.45) is 10.7 Å². The molecule has 0 aromatic rings. The smallest absolute Gasteiger partial charge is 0.194 e. The molecule has 0 spiro atoms. The topological polar surface area (TPSA) is 38.4 Å². The standard InChI is InChI=1S/C8H16N3/c1-11(6-3-2-4-9)7-5-10-8-11/h5,7-8H,2-4,6,9H2,1H3/q+1. The van der Waals surface area contributed by atoms with Gasteiger partial charge in [-0.25, -0.2) is 4.99 Å². The number of aliphatic imine (C=N–C) groups is 1. The molecule has 3 nitrogen and oxygen atoms in total. The molecule has 0 fully saturated rings. The molecule has 0 aromatic heterocycles. The monoisotopic (exact) mass is 154 g/mol. The summed E-state index contributed by atoms with van der Waals surface area (Å²) in [5, 5.41) is 0. The Labute approximate surface area is 67.8 Å². The van der Waals surface area contributed by atoms with Gasteiger partial charge in [-0.15, -0.1) is 0 Å². The molecular formula is C8H16N3+. The van der Waals surface area contributed by atoms with Gasteiger partial charge in [0.2, 0.25) is 0 Å². The zero-order valence-electron chi connectivity index (χ0n) is 7.03. The highest BCUT2D eigenvalue weighted by Crippen LogP contribution is 2.08. The number of hydrogen-bond donors (Lipinski definition) is 1. The summed E-state index contributed by atoms with van der Waals surface area (Å²) in [5.74, 6) is 0. The molecule has 1 aliphatic heterocycles. The Morgan fingerprint density at radius 1 is 1.45 bits per heavy atom. The van der Waals surface area contributed by atoms with Gasteiger partial charge in [0, 0.05) is 0 Å². The first-order chi connectivity index (χ1) is 5.27. The van der Waals surface area contributed by atoms with Crippen molar-refractivity contribution in [3.8, 4) is 0 Å². The summed E-state index contributed by atoms with van der Waals surface area (Å²) in [7, 11) is 2.14. The minimum absolute atomic E-state index is 0.793. The molecule has 1 atom stereocenters. The first-order valence-electron chi connectivity index (χ1n) is 4.04. The van der Waals surface area contributed by atoms with E-state index in [1.54, 1.807) is 0 Å². The minimum Gasteiger partial charge on any atom is -0.330 e. The maximum Gasteiger partial charge on any atom is 0.194 e. The first-order valence-corrected chi connectivity index (χ1v) is 4.04. The number of quaternary nitrogens is 1. The normalized spacial score (nSPS) is 28.2. The molecule has 1 unspecified atom stereocenters. The Balaban J connectivity index is 2.25. The van der Waals surface area contributed by atoms with Crippen molar-refractivity contribution in [2.75, 3.05) is 20.1 Å². The molecule has 0 saturated heterocycles. The van der Waals surface area contributed by atoms with E-state index in [1.807, 2.05) is 12.5 Å². The van der Waals surface area contributed by atoms with Gasteiger partial charge in [0.05, 0.1) is 19.8 Å². The van der Waals surface area contributed by atoms with Gasteiger partial charge in [-0.2, -0.15) is 0 Å². The highest BCUT2D eigenvalue weighted by Gasteiger charge is 2.17. The molecule has 1 aliphatic rings. The molecule has 0 radical (unpaired) electrons. The fourth-order valence-corrected chi connectivity index (χ4v) is 1.15. The molecule has 2 N–H and O–H groups in total. The molecule has 62 valence electrons. The Bertz CT molecular complexity index is 160. The van der Waals surface area contributed by atoms with Crippen LogP contribution in [0.3, 0.4) is 0 Å². The fraction of sp³-hybridized carbons (Fsp3) is 0.625. The molecule has 0 bridgehead atoms. The predicted octanol–water partition coefficient (Wildman–Crippen LogP) is 0.685. The number of hydrogen-bond acceptors (Lipinski definition) is 2. The third-order valence-electron chi connectivity index (χ3n) is 1.92. The Kier molecular flexibility index (Phi) is 2.79. The van der Waals surface area contributed by atoms with E-state index >= 15 is 0 Å². The number of nitrogens with zero attached hydrogens (tertiary/aromatic N) is 2. The number of unbranched alkanes of at least 4 members (excludes halogenated alkanes) is 1. The average Bonchev–Trinajstić information content (AvgIpc) is 2.38. The predicted molar refractivity (Wildman–Crippen MR) is 47.0 cm³/mol. The van der Waals surface area contributed by atoms with Crippen LogP contribution >= 0.6 is 0 Å². The largest absolute Gasteiger partial charge is 0.330 e. The van der Waals surface area contributed by atoms with Crippen LogP contribution in [0, 0.1) is 0 Å². The van der Waals surface area contributed by atoms with Gasteiger partial charge in [0.25, 0.3) is 0 Å². The second kappa shape index (κ2) is 3.64. The highest BCUT2D eigenvalue weighted by atomic mass is 15.3. The molecule has 0 aromatic carbocycles. The number of rotatable bonds is 4. The molecule has 0 saturated carbocycles. The summed E-state index contributed by atoms with van der Waals surface area (Å²) < 4.78 is 0.833. The quantitative estimate of drug-likeness (QED) is 0.469. The third kappa shape index (κ3) is 2.44. The second-order valence-electron chi connectivity index (χ2n) is 3.13. The van der Waals surface area contributed by atoms with Gasteiger partial charge in [0.15, 0.2) is 6.34 Å². The molecule has 11 heavy (non-hydrogen) atoms. The van der Waals surface area contributed by atoms with Crippen LogP contribution in [0.15, 0.2) is 17.4 Å². The van der Waals surface area contributed by atoms with Crippen molar-refractivity contribution < 1.29 is 4.48 Å². The zero-order valence-corrected chi connectivity index (χ0v) is 7.03. The third-order valence-corrected chi connectivity index (χ3v) is 1.92. The Hall–Kier alpha value is -0.670. The lowest BCUT2D eigenvalue weighted by Crippen LogP contribution is -2.35. The van der Waals surface area contributed by atoms with Crippen LogP contribution < -0.4 is 5.73 Å². The molecule has 3 heteroatoms. The van der Waals surface area contributed by atoms with Crippen LogP contribution in [0.1, 0.15) is 12.8 Å². The summed E-state index contributed by atoms with van der Waals surface area (Å²) in [6, 6.07) is 0. The van der Waals surface area contributed by atoms with Crippen LogP contribution in [-0.4, -0.2) is 31.0 Å².